The van der Waals surface area contributed by atoms with Gasteiger partial charge in [0.15, 0.2) is 17.5 Å². The number of nitrogens with zero attached hydrogens (tertiary/aromatic N) is 6. The molecule has 206 valence electrons. The summed E-state index contributed by atoms with van der Waals surface area (Å²) >= 11 is 1.68. The Morgan fingerprint density at radius 2 is 1.82 bits per heavy atom. The SMILES string of the molecule is CO[C@@H]1[C@@H](n2cc(-c3cc(F)c(F)c(F)c3)nn2)[C@@H](O)[C@@H](CO)O[C@@H]1Cc1cn(C2CCSCC2O)nn1. The average Bonchev–Trinajstić information content (AvgIpc) is 3.58. The molecule has 5 rings (SSSR count). The van der Waals surface area contributed by atoms with E-state index in [9.17, 15) is 28.5 Å². The first-order valence-corrected chi connectivity index (χ1v) is 13.2. The Bertz CT molecular complexity index is 1240. The van der Waals surface area contributed by atoms with Crippen molar-refractivity contribution in [1.82, 2.24) is 30.0 Å². The highest BCUT2D eigenvalue weighted by molar-refractivity contribution is 7.99. The highest BCUT2D eigenvalue weighted by Gasteiger charge is 2.47. The average molecular weight is 557 g/mol. The minimum atomic E-state index is -1.59. The molecular weight excluding hydrogens is 529 g/mol. The first-order valence-electron chi connectivity index (χ1n) is 12.0. The fourth-order valence-electron chi connectivity index (χ4n) is 4.98. The van der Waals surface area contributed by atoms with Gasteiger partial charge in [-0.15, -0.1) is 10.2 Å². The van der Waals surface area contributed by atoms with Gasteiger partial charge in [-0.2, -0.15) is 11.8 Å². The van der Waals surface area contributed by atoms with Crippen LogP contribution < -0.4 is 0 Å². The highest BCUT2D eigenvalue weighted by atomic mass is 32.2. The van der Waals surface area contributed by atoms with Crippen LogP contribution in [0.25, 0.3) is 11.3 Å². The van der Waals surface area contributed by atoms with Gasteiger partial charge in [0, 0.05) is 31.0 Å². The van der Waals surface area contributed by atoms with Gasteiger partial charge in [0.1, 0.15) is 30.0 Å². The van der Waals surface area contributed by atoms with Crippen LogP contribution in [0.15, 0.2) is 24.5 Å². The normalized spacial score (nSPS) is 30.0. The van der Waals surface area contributed by atoms with E-state index in [1.165, 1.54) is 18.0 Å². The van der Waals surface area contributed by atoms with E-state index in [2.05, 4.69) is 20.6 Å². The molecule has 3 aromatic rings. The fraction of sp³-hybridized carbons (Fsp3) is 0.565. The van der Waals surface area contributed by atoms with Crippen LogP contribution in [0, 0.1) is 17.5 Å². The summed E-state index contributed by atoms with van der Waals surface area (Å²) in [5.74, 6) is -2.82. The lowest BCUT2D eigenvalue weighted by molar-refractivity contribution is -0.212. The number of thioether (sulfide) groups is 1. The smallest absolute Gasteiger partial charge is 0.194 e. The number of ether oxygens (including phenoxy) is 2. The number of aliphatic hydroxyl groups excluding tert-OH is 3. The van der Waals surface area contributed by atoms with Crippen molar-refractivity contribution >= 4 is 11.8 Å². The van der Waals surface area contributed by atoms with Crippen LogP contribution in [-0.2, 0) is 15.9 Å². The van der Waals surface area contributed by atoms with Gasteiger partial charge in [0.05, 0.1) is 36.7 Å². The van der Waals surface area contributed by atoms with Crippen molar-refractivity contribution in [3.63, 3.8) is 0 Å². The van der Waals surface area contributed by atoms with Gasteiger partial charge in [-0.1, -0.05) is 10.4 Å². The standard InChI is InChI=1S/C23H27F3N6O5S/c1-36-23-18(6-12-7-31(29-27-12)16-2-3-38-10-17(16)34)37-19(9-33)22(35)21(23)32-8-15(28-30-32)11-4-13(24)20(26)14(25)5-11/h4-5,7-8,16-19,21-23,33-35H,2-3,6,9-10H2,1H3/t16?,17?,18-,19-,21+,22+,23+/m1/s1. The van der Waals surface area contributed by atoms with Crippen LogP contribution in [-0.4, -0.2) is 101 Å². The molecule has 0 amide bonds. The Morgan fingerprint density at radius 3 is 2.50 bits per heavy atom. The fourth-order valence-corrected chi connectivity index (χ4v) is 6.02. The molecule has 4 heterocycles. The zero-order valence-corrected chi connectivity index (χ0v) is 21.1. The van der Waals surface area contributed by atoms with Gasteiger partial charge in [-0.25, -0.2) is 22.5 Å². The summed E-state index contributed by atoms with van der Waals surface area (Å²) < 4.78 is 55.5. The van der Waals surface area contributed by atoms with Crippen molar-refractivity contribution < 1.29 is 38.0 Å². The molecule has 11 nitrogen and oxygen atoms in total. The molecule has 2 fully saturated rings. The molecule has 2 aromatic heterocycles. The minimum Gasteiger partial charge on any atom is -0.394 e. The van der Waals surface area contributed by atoms with Gasteiger partial charge in [0.25, 0.3) is 0 Å². The number of aliphatic hydroxyl groups is 3. The minimum absolute atomic E-state index is 0.0422. The molecule has 2 aliphatic rings. The van der Waals surface area contributed by atoms with Crippen molar-refractivity contribution in [3.8, 4) is 11.3 Å². The van der Waals surface area contributed by atoms with E-state index < -0.39 is 60.6 Å². The maximum absolute atomic E-state index is 13.8. The summed E-state index contributed by atoms with van der Waals surface area (Å²) in [4.78, 5) is 0. The van der Waals surface area contributed by atoms with Gasteiger partial charge in [-0.3, -0.25) is 0 Å². The molecule has 1 aromatic carbocycles. The third kappa shape index (κ3) is 5.18. The van der Waals surface area contributed by atoms with Crippen molar-refractivity contribution in [2.75, 3.05) is 25.2 Å². The number of hydrogen-bond acceptors (Lipinski definition) is 10. The zero-order valence-electron chi connectivity index (χ0n) is 20.3. The van der Waals surface area contributed by atoms with Crippen molar-refractivity contribution in [1.29, 1.82) is 0 Å². The number of hydrogen-bond donors (Lipinski definition) is 3. The maximum atomic E-state index is 13.8. The lowest BCUT2D eigenvalue weighted by atomic mass is 9.90. The molecule has 2 saturated heterocycles. The van der Waals surface area contributed by atoms with Crippen LogP contribution in [0.1, 0.15) is 24.2 Å². The van der Waals surface area contributed by atoms with Crippen molar-refractivity contribution in [2.45, 2.75) is 55.4 Å². The van der Waals surface area contributed by atoms with E-state index in [4.69, 9.17) is 9.47 Å². The van der Waals surface area contributed by atoms with Gasteiger partial charge in [-0.05, 0) is 24.3 Å². The second-order valence-electron chi connectivity index (χ2n) is 9.31. The molecule has 0 radical (unpaired) electrons. The Kier molecular flexibility index (Phi) is 8.02. The van der Waals surface area contributed by atoms with Crippen molar-refractivity contribution in [3.05, 3.63) is 47.7 Å². The van der Waals surface area contributed by atoms with E-state index >= 15 is 0 Å². The van der Waals surface area contributed by atoms with Crippen LogP contribution in [0.2, 0.25) is 0 Å². The predicted octanol–water partition coefficient (Wildman–Crippen LogP) is 0.912. The summed E-state index contributed by atoms with van der Waals surface area (Å²) in [5, 5.41) is 47.6. The van der Waals surface area contributed by atoms with Crippen LogP contribution in [0.3, 0.4) is 0 Å². The molecular formula is C23H27F3N6O5S. The summed E-state index contributed by atoms with van der Waals surface area (Å²) in [6.45, 7) is -0.501. The summed E-state index contributed by atoms with van der Waals surface area (Å²) in [6.07, 6.45) is -0.260. The van der Waals surface area contributed by atoms with E-state index in [0.717, 1.165) is 24.3 Å². The third-order valence-corrected chi connectivity index (χ3v) is 8.03. The van der Waals surface area contributed by atoms with Crippen LogP contribution >= 0.6 is 11.8 Å². The number of methoxy groups -OCH3 is 1. The first kappa shape index (κ1) is 27.0. The molecule has 0 spiro atoms. The zero-order chi connectivity index (χ0) is 27.0. The van der Waals surface area contributed by atoms with E-state index in [0.29, 0.717) is 11.4 Å². The van der Waals surface area contributed by atoms with E-state index in [1.54, 1.807) is 22.6 Å². The number of halogens is 3. The van der Waals surface area contributed by atoms with Gasteiger partial charge < -0.3 is 24.8 Å². The Hall–Kier alpha value is -2.56. The largest absolute Gasteiger partial charge is 0.394 e. The number of rotatable bonds is 7. The molecule has 15 heteroatoms. The summed E-state index contributed by atoms with van der Waals surface area (Å²) in [6, 6.07) is 0.508. The Balaban J connectivity index is 1.40. The molecule has 38 heavy (non-hydrogen) atoms. The lowest BCUT2D eigenvalue weighted by Gasteiger charge is -2.43. The quantitative estimate of drug-likeness (QED) is 0.360. The molecule has 7 atom stereocenters. The monoisotopic (exact) mass is 556 g/mol. The second-order valence-corrected chi connectivity index (χ2v) is 10.5. The van der Waals surface area contributed by atoms with E-state index in [-0.39, 0.29) is 23.7 Å². The number of benzene rings is 1. The predicted molar refractivity (Wildman–Crippen MR) is 128 cm³/mol. The van der Waals surface area contributed by atoms with E-state index in [1.807, 2.05) is 0 Å². The van der Waals surface area contributed by atoms with Gasteiger partial charge >= 0.3 is 0 Å². The lowest BCUT2D eigenvalue weighted by Crippen LogP contribution is -2.57. The summed E-state index contributed by atoms with van der Waals surface area (Å²) in [7, 11) is 1.43. The van der Waals surface area contributed by atoms with Gasteiger partial charge in [0.2, 0.25) is 0 Å². The first-order chi connectivity index (χ1) is 18.3. The topological polar surface area (TPSA) is 141 Å². The summed E-state index contributed by atoms with van der Waals surface area (Å²) in [5.41, 5.74) is 0.560. The molecule has 2 aliphatic heterocycles. The molecule has 0 aliphatic carbocycles. The Morgan fingerprint density at radius 1 is 1.08 bits per heavy atom. The molecule has 0 saturated carbocycles. The third-order valence-electron chi connectivity index (χ3n) is 6.93. The van der Waals surface area contributed by atoms with Crippen LogP contribution in [0.5, 0.6) is 0 Å². The maximum Gasteiger partial charge on any atom is 0.194 e. The van der Waals surface area contributed by atoms with Crippen LogP contribution in [0.4, 0.5) is 13.2 Å². The second kappa shape index (κ2) is 11.3. The highest BCUT2D eigenvalue weighted by Crippen LogP contribution is 2.34. The van der Waals surface area contributed by atoms with Crippen molar-refractivity contribution in [2.24, 2.45) is 0 Å². The molecule has 3 N–H and O–H groups in total. The molecule has 0 bridgehead atoms. The Labute approximate surface area is 219 Å². The number of aromatic nitrogens is 6. The molecule has 2 unspecified atom stereocenters.